The minimum absolute atomic E-state index is 0.00745. The number of rotatable bonds is 5. The average molecular weight is 249 g/mol. The molecule has 2 rings (SSSR count). The lowest BCUT2D eigenvalue weighted by Crippen LogP contribution is -2.40. The zero-order valence-corrected chi connectivity index (χ0v) is 10.7. The first-order valence-corrected chi connectivity index (χ1v) is 6.07. The van der Waals surface area contributed by atoms with Gasteiger partial charge in [-0.2, -0.15) is 0 Å². The monoisotopic (exact) mass is 249 g/mol. The van der Waals surface area contributed by atoms with Gasteiger partial charge in [0.15, 0.2) is 5.58 Å². The van der Waals surface area contributed by atoms with Gasteiger partial charge < -0.3 is 15.5 Å². The predicted octanol–water partition coefficient (Wildman–Crippen LogP) is 1.34. The summed E-state index contributed by atoms with van der Waals surface area (Å²) in [5.41, 5.74) is 8.00. The first-order valence-electron chi connectivity index (χ1n) is 6.07. The number of hydrogen-bond donors (Lipinski definition) is 3. The standard InChI is InChI=1S/C13H19N3O2/c1-13(2,5-6-14)15-8-9-3-4-11-10(7-9)16-12(17)18-11/h3-4,7,15H,5-6,8,14H2,1-2H3,(H,16,17). The fourth-order valence-corrected chi connectivity index (χ4v) is 1.90. The molecule has 0 unspecified atom stereocenters. The van der Waals surface area contributed by atoms with Crippen LogP contribution in [0.3, 0.4) is 0 Å². The van der Waals surface area contributed by atoms with Crippen molar-refractivity contribution in [1.82, 2.24) is 10.3 Å². The van der Waals surface area contributed by atoms with E-state index in [9.17, 15) is 4.79 Å². The van der Waals surface area contributed by atoms with Crippen molar-refractivity contribution < 1.29 is 4.42 Å². The minimum atomic E-state index is -0.418. The summed E-state index contributed by atoms with van der Waals surface area (Å²) in [6.45, 7) is 5.64. The van der Waals surface area contributed by atoms with Crippen molar-refractivity contribution in [1.29, 1.82) is 0 Å². The van der Waals surface area contributed by atoms with Crippen LogP contribution in [0.4, 0.5) is 0 Å². The minimum Gasteiger partial charge on any atom is -0.408 e. The molecule has 0 saturated heterocycles. The van der Waals surface area contributed by atoms with Crippen molar-refractivity contribution in [2.45, 2.75) is 32.4 Å². The first kappa shape index (κ1) is 12.9. The van der Waals surface area contributed by atoms with E-state index < -0.39 is 5.76 Å². The van der Waals surface area contributed by atoms with Crippen LogP contribution in [0.5, 0.6) is 0 Å². The highest BCUT2D eigenvalue weighted by atomic mass is 16.4. The third-order valence-electron chi connectivity index (χ3n) is 3.02. The van der Waals surface area contributed by atoms with Gasteiger partial charge in [-0.05, 0) is 44.5 Å². The number of hydrogen-bond acceptors (Lipinski definition) is 4. The summed E-state index contributed by atoms with van der Waals surface area (Å²) in [7, 11) is 0. The lowest BCUT2D eigenvalue weighted by Gasteiger charge is -2.25. The molecule has 0 spiro atoms. The van der Waals surface area contributed by atoms with Gasteiger partial charge in [0.25, 0.3) is 0 Å². The molecule has 4 N–H and O–H groups in total. The summed E-state index contributed by atoms with van der Waals surface area (Å²) >= 11 is 0. The number of nitrogens with one attached hydrogen (secondary N) is 2. The summed E-state index contributed by atoms with van der Waals surface area (Å²) in [5.74, 6) is -0.418. The molecule has 0 saturated carbocycles. The van der Waals surface area contributed by atoms with Gasteiger partial charge in [-0.1, -0.05) is 6.07 Å². The molecule has 1 aromatic heterocycles. The van der Waals surface area contributed by atoms with E-state index in [4.69, 9.17) is 10.2 Å². The maximum Gasteiger partial charge on any atom is 0.417 e. The predicted molar refractivity (Wildman–Crippen MR) is 71.4 cm³/mol. The molecule has 0 fully saturated rings. The van der Waals surface area contributed by atoms with Crippen molar-refractivity contribution in [2.24, 2.45) is 5.73 Å². The number of oxazole rings is 1. The van der Waals surface area contributed by atoms with Crippen molar-refractivity contribution in [2.75, 3.05) is 6.54 Å². The van der Waals surface area contributed by atoms with Gasteiger partial charge in [0.2, 0.25) is 0 Å². The Kier molecular flexibility index (Phi) is 3.54. The van der Waals surface area contributed by atoms with Crippen LogP contribution >= 0.6 is 0 Å². The maximum atomic E-state index is 11.1. The Hall–Kier alpha value is -1.59. The molecule has 0 bridgehead atoms. The molecule has 5 nitrogen and oxygen atoms in total. The smallest absolute Gasteiger partial charge is 0.408 e. The lowest BCUT2D eigenvalue weighted by molar-refractivity contribution is 0.365. The van der Waals surface area contributed by atoms with Crippen LogP contribution in [0.15, 0.2) is 27.4 Å². The zero-order chi connectivity index (χ0) is 13.2. The van der Waals surface area contributed by atoms with Crippen molar-refractivity contribution in [3.05, 3.63) is 34.3 Å². The van der Waals surface area contributed by atoms with Crippen LogP contribution in [-0.2, 0) is 6.54 Å². The van der Waals surface area contributed by atoms with Gasteiger partial charge in [-0.25, -0.2) is 4.79 Å². The van der Waals surface area contributed by atoms with Gasteiger partial charge in [0.05, 0.1) is 5.52 Å². The normalized spacial score (nSPS) is 12.2. The highest BCUT2D eigenvalue weighted by Crippen LogP contribution is 2.14. The summed E-state index contributed by atoms with van der Waals surface area (Å²) < 4.78 is 4.96. The zero-order valence-electron chi connectivity index (χ0n) is 10.7. The second-order valence-corrected chi connectivity index (χ2v) is 5.12. The number of aromatic amines is 1. The first-order chi connectivity index (χ1) is 8.50. The third kappa shape index (κ3) is 3.00. The van der Waals surface area contributed by atoms with Gasteiger partial charge in [0, 0.05) is 12.1 Å². The number of benzene rings is 1. The Bertz CT molecular complexity index is 583. The van der Waals surface area contributed by atoms with Crippen LogP contribution in [0.2, 0.25) is 0 Å². The average Bonchev–Trinajstić information content (AvgIpc) is 2.65. The number of fused-ring (bicyclic) bond motifs is 1. The van der Waals surface area contributed by atoms with E-state index in [1.807, 2.05) is 12.1 Å². The van der Waals surface area contributed by atoms with Gasteiger partial charge >= 0.3 is 5.76 Å². The van der Waals surface area contributed by atoms with E-state index in [-0.39, 0.29) is 5.54 Å². The number of H-pyrrole nitrogens is 1. The molecule has 18 heavy (non-hydrogen) atoms. The molecule has 98 valence electrons. The quantitative estimate of drug-likeness (QED) is 0.746. The molecule has 5 heteroatoms. The molecule has 0 aliphatic heterocycles. The van der Waals surface area contributed by atoms with Crippen LogP contribution in [0.25, 0.3) is 11.1 Å². The van der Waals surface area contributed by atoms with Crippen LogP contribution in [0, 0.1) is 0 Å². The second-order valence-electron chi connectivity index (χ2n) is 5.12. The summed E-state index contributed by atoms with van der Waals surface area (Å²) in [5, 5.41) is 3.45. The maximum absolute atomic E-state index is 11.1. The van der Waals surface area contributed by atoms with Crippen molar-refractivity contribution in [3.63, 3.8) is 0 Å². The Balaban J connectivity index is 2.10. The molecule has 0 aliphatic carbocycles. The molecule has 0 atom stereocenters. The van der Waals surface area contributed by atoms with E-state index in [1.165, 1.54) is 0 Å². The molecule has 0 amide bonds. The highest BCUT2D eigenvalue weighted by molar-refractivity contribution is 5.72. The summed E-state index contributed by atoms with van der Waals surface area (Å²) in [4.78, 5) is 13.7. The van der Waals surface area contributed by atoms with E-state index in [2.05, 4.69) is 24.1 Å². The van der Waals surface area contributed by atoms with Crippen molar-refractivity contribution in [3.8, 4) is 0 Å². The van der Waals surface area contributed by atoms with Crippen LogP contribution in [0.1, 0.15) is 25.8 Å². The van der Waals surface area contributed by atoms with Gasteiger partial charge in [0.1, 0.15) is 0 Å². The Morgan fingerprint density at radius 1 is 1.44 bits per heavy atom. The van der Waals surface area contributed by atoms with Gasteiger partial charge in [-0.3, -0.25) is 4.98 Å². The molecule has 2 aromatic rings. The van der Waals surface area contributed by atoms with Gasteiger partial charge in [-0.15, -0.1) is 0 Å². The number of aromatic nitrogens is 1. The van der Waals surface area contributed by atoms with E-state index in [1.54, 1.807) is 6.07 Å². The Labute approximate surface area is 105 Å². The molecule has 1 heterocycles. The molecule has 1 aromatic carbocycles. The molecule has 0 aliphatic rings. The van der Waals surface area contributed by atoms with Crippen LogP contribution in [-0.4, -0.2) is 17.1 Å². The topological polar surface area (TPSA) is 84.0 Å². The number of nitrogens with two attached hydrogens (primary N) is 1. The fourth-order valence-electron chi connectivity index (χ4n) is 1.90. The molecular formula is C13H19N3O2. The third-order valence-corrected chi connectivity index (χ3v) is 3.02. The summed E-state index contributed by atoms with van der Waals surface area (Å²) in [6.07, 6.45) is 0.914. The van der Waals surface area contributed by atoms with Crippen LogP contribution < -0.4 is 16.8 Å². The largest absolute Gasteiger partial charge is 0.417 e. The summed E-state index contributed by atoms with van der Waals surface area (Å²) in [6, 6.07) is 5.68. The van der Waals surface area contributed by atoms with Crippen molar-refractivity contribution >= 4 is 11.1 Å². The Morgan fingerprint density at radius 2 is 2.22 bits per heavy atom. The lowest BCUT2D eigenvalue weighted by atomic mass is 10.0. The highest BCUT2D eigenvalue weighted by Gasteiger charge is 2.15. The molecule has 0 radical (unpaired) electrons. The van der Waals surface area contributed by atoms with E-state index in [0.717, 1.165) is 24.0 Å². The van der Waals surface area contributed by atoms with E-state index >= 15 is 0 Å². The van der Waals surface area contributed by atoms with E-state index in [0.29, 0.717) is 12.1 Å². The molecular weight excluding hydrogens is 230 g/mol. The fraction of sp³-hybridized carbons (Fsp3) is 0.462. The Morgan fingerprint density at radius 3 is 2.94 bits per heavy atom. The SMILES string of the molecule is CC(C)(CCN)NCc1ccc2oc(=O)[nH]c2c1. The second kappa shape index (κ2) is 4.96.